The van der Waals surface area contributed by atoms with Gasteiger partial charge in [-0.15, -0.1) is 0 Å². The second-order valence-electron chi connectivity index (χ2n) is 4.45. The second kappa shape index (κ2) is 4.65. The van der Waals surface area contributed by atoms with Gasteiger partial charge in [-0.1, -0.05) is 43.3 Å². The van der Waals surface area contributed by atoms with Crippen LogP contribution in [0.25, 0.3) is 10.8 Å². The smallest absolute Gasteiger partial charge is 0.195 e. The predicted molar refractivity (Wildman–Crippen MR) is 75.5 cm³/mol. The van der Waals surface area contributed by atoms with Gasteiger partial charge in [-0.25, -0.2) is 0 Å². The van der Waals surface area contributed by atoms with Gasteiger partial charge in [0, 0.05) is 16.5 Å². The molecule has 1 aliphatic heterocycles. The number of benzene rings is 2. The van der Waals surface area contributed by atoms with Gasteiger partial charge >= 0.3 is 0 Å². The van der Waals surface area contributed by atoms with E-state index < -0.39 is 5.79 Å². The van der Waals surface area contributed by atoms with Gasteiger partial charge in [0.2, 0.25) is 0 Å². The molecule has 0 amide bonds. The Bertz CT molecular complexity index is 574. The molecule has 3 rings (SSSR count). The van der Waals surface area contributed by atoms with Gasteiger partial charge in [-0.05, 0) is 26.7 Å². The molecule has 1 saturated heterocycles. The highest BCUT2D eigenvalue weighted by Gasteiger charge is 2.38. The Hall–Kier alpha value is -0.900. The van der Waals surface area contributed by atoms with Gasteiger partial charge in [-0.3, -0.25) is 0 Å². The molecule has 3 heteroatoms. The molecule has 2 nitrogen and oxygen atoms in total. The quantitative estimate of drug-likeness (QED) is 0.827. The molecule has 0 aromatic heterocycles. The highest BCUT2D eigenvalue weighted by atomic mass is 79.9. The minimum absolute atomic E-state index is 0.580. The number of ether oxygens (including phenoxy) is 2. The zero-order chi connectivity index (χ0) is 12.6. The van der Waals surface area contributed by atoms with Crippen LogP contribution >= 0.6 is 15.9 Å². The summed E-state index contributed by atoms with van der Waals surface area (Å²) in [5.41, 5.74) is 1.08. The van der Waals surface area contributed by atoms with Crippen LogP contribution in [-0.2, 0) is 15.3 Å². The van der Waals surface area contributed by atoms with Gasteiger partial charge in [0.1, 0.15) is 0 Å². The largest absolute Gasteiger partial charge is 0.343 e. The Morgan fingerprint density at radius 1 is 1.11 bits per heavy atom. The van der Waals surface area contributed by atoms with E-state index in [1.807, 2.05) is 12.1 Å². The molecule has 2 aromatic rings. The molecule has 0 unspecified atom stereocenters. The van der Waals surface area contributed by atoms with E-state index in [2.05, 4.69) is 47.1 Å². The number of hydrogen-bond acceptors (Lipinski definition) is 2. The lowest BCUT2D eigenvalue weighted by atomic mass is 9.99. The van der Waals surface area contributed by atoms with Crippen LogP contribution in [0.15, 0.2) is 40.9 Å². The molecular formula is C15H15BrO2. The highest BCUT2D eigenvalue weighted by Crippen LogP contribution is 2.41. The number of rotatable bonds is 2. The van der Waals surface area contributed by atoms with E-state index in [0.29, 0.717) is 13.2 Å². The number of fused-ring (bicyclic) bond motifs is 1. The van der Waals surface area contributed by atoms with Gasteiger partial charge in [0.15, 0.2) is 5.79 Å². The van der Waals surface area contributed by atoms with E-state index in [1.54, 1.807) is 0 Å². The maximum absolute atomic E-state index is 5.85. The molecule has 0 spiro atoms. The summed E-state index contributed by atoms with van der Waals surface area (Å²) < 4.78 is 12.8. The average Bonchev–Trinajstić information content (AvgIpc) is 2.89. The maximum atomic E-state index is 5.85. The van der Waals surface area contributed by atoms with Gasteiger partial charge in [0.05, 0.1) is 13.2 Å². The first-order valence-electron chi connectivity index (χ1n) is 6.22. The molecule has 1 heterocycles. The summed E-state index contributed by atoms with van der Waals surface area (Å²) in [7, 11) is 0. The number of hydrogen-bond donors (Lipinski definition) is 0. The fourth-order valence-corrected chi connectivity index (χ4v) is 3.33. The molecular weight excluding hydrogens is 292 g/mol. The van der Waals surface area contributed by atoms with E-state index >= 15 is 0 Å². The molecule has 94 valence electrons. The second-order valence-corrected chi connectivity index (χ2v) is 5.24. The van der Waals surface area contributed by atoms with Crippen LogP contribution in [0.3, 0.4) is 0 Å². The summed E-state index contributed by atoms with van der Waals surface area (Å²) in [4.78, 5) is 0. The van der Waals surface area contributed by atoms with Crippen LogP contribution in [0, 0.1) is 0 Å². The maximum Gasteiger partial charge on any atom is 0.195 e. The Labute approximate surface area is 115 Å². The summed E-state index contributed by atoms with van der Waals surface area (Å²) in [6.45, 7) is 3.41. The highest BCUT2D eigenvalue weighted by molar-refractivity contribution is 9.10. The van der Waals surface area contributed by atoms with Crippen molar-refractivity contribution in [2.24, 2.45) is 0 Å². The molecule has 0 saturated carbocycles. The molecule has 0 aliphatic carbocycles. The molecule has 2 aromatic carbocycles. The van der Waals surface area contributed by atoms with Crippen molar-refractivity contribution in [3.05, 3.63) is 46.4 Å². The van der Waals surface area contributed by atoms with E-state index in [-0.39, 0.29) is 0 Å². The summed E-state index contributed by atoms with van der Waals surface area (Å²) in [6, 6.07) is 12.5. The van der Waals surface area contributed by atoms with Gasteiger partial charge in [-0.2, -0.15) is 0 Å². The van der Waals surface area contributed by atoms with E-state index in [1.165, 1.54) is 10.8 Å². The van der Waals surface area contributed by atoms with Crippen LogP contribution < -0.4 is 0 Å². The van der Waals surface area contributed by atoms with Crippen molar-refractivity contribution >= 4 is 26.7 Å². The minimum atomic E-state index is -0.580. The third kappa shape index (κ3) is 1.78. The van der Waals surface area contributed by atoms with Gasteiger partial charge in [0.25, 0.3) is 0 Å². The molecule has 0 radical (unpaired) electrons. The lowest BCUT2D eigenvalue weighted by Crippen LogP contribution is -2.26. The van der Waals surface area contributed by atoms with E-state index in [4.69, 9.17) is 9.47 Å². The minimum Gasteiger partial charge on any atom is -0.343 e. The van der Waals surface area contributed by atoms with Crippen molar-refractivity contribution < 1.29 is 9.47 Å². The van der Waals surface area contributed by atoms with Crippen molar-refractivity contribution in [1.29, 1.82) is 0 Å². The first-order chi connectivity index (χ1) is 8.77. The van der Waals surface area contributed by atoms with E-state index in [0.717, 1.165) is 16.5 Å². The molecule has 1 fully saturated rings. The normalized spacial score (nSPS) is 18.3. The Kier molecular flexibility index (Phi) is 3.14. The Morgan fingerprint density at radius 3 is 2.56 bits per heavy atom. The fraction of sp³-hybridized carbons (Fsp3) is 0.333. The Morgan fingerprint density at radius 2 is 1.83 bits per heavy atom. The molecule has 0 N–H and O–H groups in total. The Balaban J connectivity index is 2.20. The van der Waals surface area contributed by atoms with Crippen molar-refractivity contribution in [3.63, 3.8) is 0 Å². The molecule has 1 aliphatic rings. The van der Waals surface area contributed by atoms with Crippen LogP contribution in [-0.4, -0.2) is 13.2 Å². The topological polar surface area (TPSA) is 18.5 Å². The van der Waals surface area contributed by atoms with Crippen LogP contribution in [0.1, 0.15) is 18.9 Å². The molecule has 0 atom stereocenters. The third-order valence-corrected chi connectivity index (χ3v) is 4.35. The zero-order valence-electron chi connectivity index (χ0n) is 10.3. The van der Waals surface area contributed by atoms with Crippen LogP contribution in [0.4, 0.5) is 0 Å². The summed E-state index contributed by atoms with van der Waals surface area (Å²) in [6.07, 6.45) is 0.809. The molecule has 0 bridgehead atoms. The van der Waals surface area contributed by atoms with E-state index in [9.17, 15) is 0 Å². The zero-order valence-corrected chi connectivity index (χ0v) is 11.9. The van der Waals surface area contributed by atoms with Crippen molar-refractivity contribution in [3.8, 4) is 0 Å². The summed E-state index contributed by atoms with van der Waals surface area (Å²) in [5.74, 6) is -0.580. The third-order valence-electron chi connectivity index (χ3n) is 3.49. The lowest BCUT2D eigenvalue weighted by molar-refractivity contribution is -0.168. The number of halogens is 1. The summed E-state index contributed by atoms with van der Waals surface area (Å²) in [5, 5.41) is 2.42. The SMILES string of the molecule is CCC1(c2ccc3ccccc3c2Br)OCCO1. The fourth-order valence-electron chi connectivity index (χ4n) is 2.53. The van der Waals surface area contributed by atoms with Crippen molar-refractivity contribution in [1.82, 2.24) is 0 Å². The van der Waals surface area contributed by atoms with Crippen LogP contribution in [0.2, 0.25) is 0 Å². The lowest BCUT2D eigenvalue weighted by Gasteiger charge is -2.28. The van der Waals surface area contributed by atoms with Crippen molar-refractivity contribution in [2.45, 2.75) is 19.1 Å². The monoisotopic (exact) mass is 306 g/mol. The van der Waals surface area contributed by atoms with Gasteiger partial charge < -0.3 is 9.47 Å². The molecule has 18 heavy (non-hydrogen) atoms. The summed E-state index contributed by atoms with van der Waals surface area (Å²) >= 11 is 3.71. The van der Waals surface area contributed by atoms with Crippen molar-refractivity contribution in [2.75, 3.05) is 13.2 Å². The predicted octanol–water partition coefficient (Wildman–Crippen LogP) is 4.21. The van der Waals surface area contributed by atoms with Crippen LogP contribution in [0.5, 0.6) is 0 Å². The average molecular weight is 307 g/mol. The first-order valence-corrected chi connectivity index (χ1v) is 7.02. The standard InChI is InChI=1S/C15H15BrO2/c1-2-15(17-9-10-18-15)13-8-7-11-5-3-4-6-12(11)14(13)16/h3-8H,2,9-10H2,1H3. The first kappa shape index (κ1) is 12.2.